The van der Waals surface area contributed by atoms with Crippen LogP contribution in [0, 0.1) is 5.92 Å². The second kappa shape index (κ2) is 6.74. The van der Waals surface area contributed by atoms with Crippen LogP contribution < -0.4 is 10.0 Å². The molecule has 2 N–H and O–H groups in total. The Morgan fingerprint density at radius 1 is 1.18 bits per heavy atom. The standard InChI is InChI=1S/C15H28N2O4S/c1-15(2,3)21-14(18)16-10-13(11-6-4-5-7-11)17-22(19,20)12-8-9-12/h11-13,17H,4-10H2,1-3H3,(H,16,18)/t13-/m0/s1. The molecule has 0 heterocycles. The zero-order valence-electron chi connectivity index (χ0n) is 13.7. The van der Waals surface area contributed by atoms with Crippen molar-refractivity contribution in [1.29, 1.82) is 0 Å². The SMILES string of the molecule is CC(C)(C)OC(=O)NC[C@H](NS(=O)(=O)C1CC1)C1CCCC1. The van der Waals surface area contributed by atoms with Crippen LogP contribution in [0.3, 0.4) is 0 Å². The van der Waals surface area contributed by atoms with Gasteiger partial charge in [0, 0.05) is 12.6 Å². The van der Waals surface area contributed by atoms with Crippen LogP contribution in [0.25, 0.3) is 0 Å². The minimum absolute atomic E-state index is 0.236. The molecule has 0 aromatic rings. The highest BCUT2D eigenvalue weighted by atomic mass is 32.2. The average Bonchev–Trinajstić information content (AvgIpc) is 3.10. The molecular weight excluding hydrogens is 304 g/mol. The molecular formula is C15H28N2O4S. The number of ether oxygens (including phenoxy) is 1. The minimum atomic E-state index is -3.25. The van der Waals surface area contributed by atoms with E-state index in [1.165, 1.54) is 0 Å². The van der Waals surface area contributed by atoms with Crippen molar-refractivity contribution in [2.24, 2.45) is 5.92 Å². The summed E-state index contributed by atoms with van der Waals surface area (Å²) in [6.07, 6.45) is 5.25. The topological polar surface area (TPSA) is 84.5 Å². The Kier molecular flexibility index (Phi) is 5.37. The Morgan fingerprint density at radius 2 is 1.77 bits per heavy atom. The van der Waals surface area contributed by atoms with E-state index in [2.05, 4.69) is 10.0 Å². The van der Waals surface area contributed by atoms with Gasteiger partial charge in [-0.3, -0.25) is 0 Å². The van der Waals surface area contributed by atoms with E-state index >= 15 is 0 Å². The molecule has 0 bridgehead atoms. The zero-order valence-corrected chi connectivity index (χ0v) is 14.5. The molecule has 2 aliphatic rings. The molecule has 128 valence electrons. The number of sulfonamides is 1. The third-order valence-corrected chi connectivity index (χ3v) is 6.09. The van der Waals surface area contributed by atoms with Crippen LogP contribution in [0.4, 0.5) is 4.79 Å². The van der Waals surface area contributed by atoms with Crippen molar-refractivity contribution in [2.45, 2.75) is 76.2 Å². The van der Waals surface area contributed by atoms with Crippen molar-refractivity contribution in [2.75, 3.05) is 6.54 Å². The van der Waals surface area contributed by atoms with Gasteiger partial charge in [-0.2, -0.15) is 0 Å². The molecule has 2 saturated carbocycles. The van der Waals surface area contributed by atoms with Gasteiger partial charge in [0.25, 0.3) is 0 Å². The van der Waals surface area contributed by atoms with Crippen molar-refractivity contribution in [3.63, 3.8) is 0 Å². The molecule has 2 aliphatic carbocycles. The fourth-order valence-corrected chi connectivity index (χ4v) is 4.50. The molecule has 0 spiro atoms. The van der Waals surface area contributed by atoms with Gasteiger partial charge in [0.1, 0.15) is 5.60 Å². The van der Waals surface area contributed by atoms with Gasteiger partial charge in [0.15, 0.2) is 0 Å². The van der Waals surface area contributed by atoms with Gasteiger partial charge < -0.3 is 10.1 Å². The Labute approximate surface area is 133 Å². The summed E-state index contributed by atoms with van der Waals surface area (Å²) in [6.45, 7) is 5.69. The molecule has 0 aromatic heterocycles. The molecule has 0 radical (unpaired) electrons. The molecule has 2 rings (SSSR count). The second-order valence-electron chi connectivity index (χ2n) is 7.40. The number of hydrogen-bond acceptors (Lipinski definition) is 4. The fourth-order valence-electron chi connectivity index (χ4n) is 2.86. The summed E-state index contributed by atoms with van der Waals surface area (Å²) in [5.41, 5.74) is -0.555. The summed E-state index contributed by atoms with van der Waals surface area (Å²) in [5, 5.41) is 2.47. The van der Waals surface area contributed by atoms with Crippen LogP contribution in [0.15, 0.2) is 0 Å². The number of nitrogens with one attached hydrogen (secondary N) is 2. The Morgan fingerprint density at radius 3 is 2.27 bits per heavy atom. The lowest BCUT2D eigenvalue weighted by Crippen LogP contribution is -2.49. The smallest absolute Gasteiger partial charge is 0.407 e. The maximum atomic E-state index is 12.2. The van der Waals surface area contributed by atoms with Gasteiger partial charge >= 0.3 is 6.09 Å². The van der Waals surface area contributed by atoms with E-state index in [0.29, 0.717) is 5.92 Å². The van der Waals surface area contributed by atoms with Gasteiger partial charge in [0.2, 0.25) is 10.0 Å². The van der Waals surface area contributed by atoms with E-state index in [1.54, 1.807) is 20.8 Å². The predicted molar refractivity (Wildman–Crippen MR) is 85.1 cm³/mol. The number of carbonyl (C=O) groups is 1. The Bertz CT molecular complexity index is 488. The zero-order chi connectivity index (χ0) is 16.4. The van der Waals surface area contributed by atoms with Crippen molar-refractivity contribution >= 4 is 16.1 Å². The minimum Gasteiger partial charge on any atom is -0.444 e. The van der Waals surface area contributed by atoms with Crippen molar-refractivity contribution in [1.82, 2.24) is 10.0 Å². The summed E-state index contributed by atoms with van der Waals surface area (Å²) < 4.78 is 32.4. The number of carbonyl (C=O) groups excluding carboxylic acids is 1. The van der Waals surface area contributed by atoms with Crippen molar-refractivity contribution < 1.29 is 17.9 Å². The van der Waals surface area contributed by atoms with Gasteiger partial charge in [-0.15, -0.1) is 0 Å². The highest BCUT2D eigenvalue weighted by Crippen LogP contribution is 2.31. The molecule has 6 nitrogen and oxygen atoms in total. The van der Waals surface area contributed by atoms with E-state index in [-0.39, 0.29) is 17.8 Å². The molecule has 0 aliphatic heterocycles. The van der Waals surface area contributed by atoms with E-state index in [1.807, 2.05) is 0 Å². The van der Waals surface area contributed by atoms with E-state index in [4.69, 9.17) is 4.74 Å². The first-order valence-electron chi connectivity index (χ1n) is 8.15. The maximum absolute atomic E-state index is 12.2. The van der Waals surface area contributed by atoms with Gasteiger partial charge in [-0.25, -0.2) is 17.9 Å². The summed E-state index contributed by atoms with van der Waals surface area (Å²) in [5.74, 6) is 0.295. The predicted octanol–water partition coefficient (Wildman–Crippen LogP) is 2.15. The lowest BCUT2D eigenvalue weighted by atomic mass is 9.99. The van der Waals surface area contributed by atoms with Crippen LogP contribution in [-0.2, 0) is 14.8 Å². The highest BCUT2D eigenvalue weighted by molar-refractivity contribution is 7.90. The van der Waals surface area contributed by atoms with Gasteiger partial charge in [-0.05, 0) is 52.4 Å². The molecule has 0 unspecified atom stereocenters. The summed E-state index contributed by atoms with van der Waals surface area (Å²) in [7, 11) is -3.25. The van der Waals surface area contributed by atoms with Gasteiger partial charge in [-0.1, -0.05) is 12.8 Å². The van der Waals surface area contributed by atoms with Crippen LogP contribution in [0.5, 0.6) is 0 Å². The molecule has 22 heavy (non-hydrogen) atoms. The first-order chi connectivity index (χ1) is 10.2. The van der Waals surface area contributed by atoms with Crippen molar-refractivity contribution in [3.8, 4) is 0 Å². The van der Waals surface area contributed by atoms with E-state index in [0.717, 1.165) is 38.5 Å². The third-order valence-electron chi connectivity index (χ3n) is 4.11. The number of hydrogen-bond donors (Lipinski definition) is 2. The molecule has 7 heteroatoms. The van der Waals surface area contributed by atoms with Crippen LogP contribution >= 0.6 is 0 Å². The summed E-state index contributed by atoms with van der Waals surface area (Å²) in [6, 6.07) is -0.236. The van der Waals surface area contributed by atoms with E-state index in [9.17, 15) is 13.2 Å². The lowest BCUT2D eigenvalue weighted by Gasteiger charge is -2.26. The Balaban J connectivity index is 1.91. The Hall–Kier alpha value is -0.820. The average molecular weight is 332 g/mol. The molecule has 1 atom stereocenters. The normalized spacial score (nSPS) is 21.6. The van der Waals surface area contributed by atoms with Crippen LogP contribution in [0.1, 0.15) is 59.3 Å². The highest BCUT2D eigenvalue weighted by Gasteiger charge is 2.39. The van der Waals surface area contributed by atoms with Crippen molar-refractivity contribution in [3.05, 3.63) is 0 Å². The third kappa shape index (κ3) is 5.43. The lowest BCUT2D eigenvalue weighted by molar-refractivity contribution is 0.0520. The maximum Gasteiger partial charge on any atom is 0.407 e. The fraction of sp³-hybridized carbons (Fsp3) is 0.933. The molecule has 1 amide bonds. The number of amides is 1. The molecule has 2 fully saturated rings. The quantitative estimate of drug-likeness (QED) is 0.780. The van der Waals surface area contributed by atoms with Crippen LogP contribution in [-0.4, -0.2) is 37.9 Å². The first kappa shape index (κ1) is 17.5. The largest absolute Gasteiger partial charge is 0.444 e. The molecule has 0 aromatic carbocycles. The first-order valence-corrected chi connectivity index (χ1v) is 9.70. The summed E-state index contributed by atoms with van der Waals surface area (Å²) in [4.78, 5) is 11.8. The second-order valence-corrected chi connectivity index (χ2v) is 9.39. The summed E-state index contributed by atoms with van der Waals surface area (Å²) >= 11 is 0. The number of rotatable bonds is 6. The van der Waals surface area contributed by atoms with Crippen LogP contribution in [0.2, 0.25) is 0 Å². The number of alkyl carbamates (subject to hydrolysis) is 1. The molecule has 0 saturated heterocycles. The van der Waals surface area contributed by atoms with E-state index < -0.39 is 21.7 Å². The van der Waals surface area contributed by atoms with Gasteiger partial charge in [0.05, 0.1) is 5.25 Å². The monoisotopic (exact) mass is 332 g/mol.